The van der Waals surface area contributed by atoms with Crippen LogP contribution in [0.2, 0.25) is 0 Å². The molecule has 126 valence electrons. The summed E-state index contributed by atoms with van der Waals surface area (Å²) in [5, 5.41) is 10.3. The first-order valence-corrected chi connectivity index (χ1v) is 8.00. The molecule has 0 radical (unpaired) electrons. The van der Waals surface area contributed by atoms with Crippen LogP contribution < -0.4 is 10.4 Å². The minimum Gasteiger partial charge on any atom is -0.490 e. The van der Waals surface area contributed by atoms with Crippen molar-refractivity contribution < 1.29 is 9.84 Å². The van der Waals surface area contributed by atoms with Crippen molar-refractivity contribution >= 4 is 11.0 Å². The van der Waals surface area contributed by atoms with E-state index in [0.29, 0.717) is 0 Å². The third kappa shape index (κ3) is 2.95. The molecule has 0 aliphatic rings. The van der Waals surface area contributed by atoms with Gasteiger partial charge in [-0.15, -0.1) is 0 Å². The number of aliphatic hydroxyl groups is 1. The van der Waals surface area contributed by atoms with Crippen molar-refractivity contribution in [3.8, 4) is 5.75 Å². The number of nitrogens with zero attached hydrogens (tertiary/aromatic N) is 2. The van der Waals surface area contributed by atoms with Crippen molar-refractivity contribution in [2.75, 3.05) is 6.61 Å². The van der Waals surface area contributed by atoms with E-state index in [1.54, 1.807) is 16.2 Å². The highest BCUT2D eigenvalue weighted by Crippen LogP contribution is 2.22. The molecule has 0 saturated heterocycles. The number of para-hydroxylation sites is 3. The molecule has 3 rings (SSSR count). The summed E-state index contributed by atoms with van der Waals surface area (Å²) in [5.74, 6) is 0.793. The van der Waals surface area contributed by atoms with Crippen LogP contribution in [0.4, 0.5) is 0 Å². The molecule has 0 aliphatic heterocycles. The molecule has 0 aliphatic carbocycles. The average Bonchev–Trinajstić information content (AvgIpc) is 2.80. The van der Waals surface area contributed by atoms with Crippen LogP contribution in [-0.2, 0) is 13.6 Å². The molecule has 1 unspecified atom stereocenters. The van der Waals surface area contributed by atoms with Crippen LogP contribution in [0.5, 0.6) is 5.75 Å². The second-order valence-electron chi connectivity index (χ2n) is 6.13. The largest absolute Gasteiger partial charge is 0.490 e. The van der Waals surface area contributed by atoms with E-state index in [-0.39, 0.29) is 18.8 Å². The maximum atomic E-state index is 12.4. The minimum absolute atomic E-state index is 0.137. The van der Waals surface area contributed by atoms with Crippen molar-refractivity contribution in [3.63, 3.8) is 0 Å². The maximum Gasteiger partial charge on any atom is 0.328 e. The number of benzene rings is 2. The molecule has 3 aromatic rings. The number of aryl methyl sites for hydroxylation is 3. The quantitative estimate of drug-likeness (QED) is 0.783. The van der Waals surface area contributed by atoms with Gasteiger partial charge in [-0.05, 0) is 37.1 Å². The van der Waals surface area contributed by atoms with E-state index in [0.717, 1.165) is 27.9 Å². The highest BCUT2D eigenvalue weighted by Gasteiger charge is 2.15. The van der Waals surface area contributed by atoms with E-state index < -0.39 is 6.10 Å². The lowest BCUT2D eigenvalue weighted by atomic mass is 10.1. The van der Waals surface area contributed by atoms with Gasteiger partial charge in [0.1, 0.15) is 18.5 Å². The van der Waals surface area contributed by atoms with Crippen LogP contribution in [0.25, 0.3) is 11.0 Å². The second kappa shape index (κ2) is 6.53. The van der Waals surface area contributed by atoms with Crippen LogP contribution >= 0.6 is 0 Å². The van der Waals surface area contributed by atoms with Gasteiger partial charge in [-0.25, -0.2) is 4.79 Å². The predicted molar refractivity (Wildman–Crippen MR) is 94.6 cm³/mol. The molecule has 1 atom stereocenters. The summed E-state index contributed by atoms with van der Waals surface area (Å²) in [5.41, 5.74) is 3.60. The van der Waals surface area contributed by atoms with Crippen molar-refractivity contribution in [1.29, 1.82) is 0 Å². The van der Waals surface area contributed by atoms with Crippen molar-refractivity contribution in [2.45, 2.75) is 26.5 Å². The molecule has 1 heterocycles. The Bertz CT molecular complexity index is 904. The first-order chi connectivity index (χ1) is 11.5. The van der Waals surface area contributed by atoms with Gasteiger partial charge >= 0.3 is 5.69 Å². The average molecular weight is 326 g/mol. The zero-order valence-electron chi connectivity index (χ0n) is 14.2. The molecule has 2 aromatic carbocycles. The fourth-order valence-electron chi connectivity index (χ4n) is 3.01. The Kier molecular flexibility index (Phi) is 4.44. The highest BCUT2D eigenvalue weighted by molar-refractivity contribution is 5.75. The Balaban J connectivity index is 1.78. The van der Waals surface area contributed by atoms with Gasteiger partial charge < -0.3 is 9.84 Å². The van der Waals surface area contributed by atoms with E-state index >= 15 is 0 Å². The Morgan fingerprint density at radius 2 is 1.67 bits per heavy atom. The number of fused-ring (bicyclic) bond motifs is 1. The molecule has 5 nitrogen and oxygen atoms in total. The monoisotopic (exact) mass is 326 g/mol. The molecule has 1 aromatic heterocycles. The summed E-state index contributed by atoms with van der Waals surface area (Å²) in [7, 11) is 1.74. The molecule has 1 N–H and O–H groups in total. The smallest absolute Gasteiger partial charge is 0.328 e. The highest BCUT2D eigenvalue weighted by atomic mass is 16.5. The molecular weight excluding hydrogens is 304 g/mol. The fourth-order valence-corrected chi connectivity index (χ4v) is 3.01. The van der Waals surface area contributed by atoms with Crippen LogP contribution in [0.1, 0.15) is 11.1 Å². The number of ether oxygens (including phenoxy) is 1. The van der Waals surface area contributed by atoms with E-state index in [2.05, 4.69) is 0 Å². The topological polar surface area (TPSA) is 56.4 Å². The second-order valence-corrected chi connectivity index (χ2v) is 6.13. The molecule has 0 saturated carbocycles. The Labute approximate surface area is 140 Å². The number of rotatable bonds is 5. The summed E-state index contributed by atoms with van der Waals surface area (Å²) < 4.78 is 8.97. The van der Waals surface area contributed by atoms with Gasteiger partial charge in [0.2, 0.25) is 0 Å². The lowest BCUT2D eigenvalue weighted by Crippen LogP contribution is -2.30. The molecule has 0 spiro atoms. The van der Waals surface area contributed by atoms with Crippen LogP contribution in [0, 0.1) is 13.8 Å². The van der Waals surface area contributed by atoms with Crippen LogP contribution in [-0.4, -0.2) is 27.0 Å². The molecule has 0 fully saturated rings. The van der Waals surface area contributed by atoms with Gasteiger partial charge in [-0.2, -0.15) is 0 Å². The summed E-state index contributed by atoms with van der Waals surface area (Å²) in [4.78, 5) is 12.4. The van der Waals surface area contributed by atoms with Gasteiger partial charge in [-0.3, -0.25) is 9.13 Å². The first kappa shape index (κ1) is 16.3. The van der Waals surface area contributed by atoms with Crippen molar-refractivity contribution in [1.82, 2.24) is 9.13 Å². The Morgan fingerprint density at radius 1 is 1.04 bits per heavy atom. The van der Waals surface area contributed by atoms with E-state index in [4.69, 9.17) is 4.74 Å². The third-order valence-electron chi connectivity index (χ3n) is 4.27. The summed E-state index contributed by atoms with van der Waals surface area (Å²) in [6.45, 7) is 4.29. The van der Waals surface area contributed by atoms with E-state index in [9.17, 15) is 9.90 Å². The zero-order valence-corrected chi connectivity index (χ0v) is 14.2. The van der Waals surface area contributed by atoms with Gasteiger partial charge in [0, 0.05) is 7.05 Å². The van der Waals surface area contributed by atoms with Crippen molar-refractivity contribution in [2.24, 2.45) is 7.05 Å². The van der Waals surface area contributed by atoms with E-state index in [1.807, 2.05) is 56.3 Å². The Morgan fingerprint density at radius 3 is 2.33 bits per heavy atom. The lowest BCUT2D eigenvalue weighted by molar-refractivity contribution is 0.0918. The minimum atomic E-state index is -0.771. The van der Waals surface area contributed by atoms with Crippen molar-refractivity contribution in [3.05, 3.63) is 64.1 Å². The molecular formula is C19H22N2O3. The molecule has 24 heavy (non-hydrogen) atoms. The van der Waals surface area contributed by atoms with Gasteiger partial charge in [0.15, 0.2) is 0 Å². The standard InChI is InChI=1S/C19H22N2O3/c1-13-7-6-8-14(2)18(13)24-12-15(22)11-21-17-10-5-4-9-16(17)20(3)19(21)23/h4-10,15,22H,11-12H2,1-3H3. The summed E-state index contributed by atoms with van der Waals surface area (Å²) >= 11 is 0. The number of aliphatic hydroxyl groups excluding tert-OH is 1. The van der Waals surface area contributed by atoms with E-state index in [1.165, 1.54) is 0 Å². The number of hydrogen-bond acceptors (Lipinski definition) is 3. The predicted octanol–water partition coefficient (Wildman–Crippen LogP) is 2.40. The van der Waals surface area contributed by atoms with Gasteiger partial charge in [-0.1, -0.05) is 30.3 Å². The number of imidazole rings is 1. The number of hydrogen-bond donors (Lipinski definition) is 1. The van der Waals surface area contributed by atoms with Gasteiger partial charge in [0.25, 0.3) is 0 Å². The molecule has 0 bridgehead atoms. The van der Waals surface area contributed by atoms with Gasteiger partial charge in [0.05, 0.1) is 17.6 Å². The molecule has 5 heteroatoms. The Hall–Kier alpha value is -2.53. The van der Waals surface area contributed by atoms with Crippen LogP contribution in [0.15, 0.2) is 47.3 Å². The summed E-state index contributed by atoms with van der Waals surface area (Å²) in [6.07, 6.45) is -0.771. The maximum absolute atomic E-state index is 12.4. The fraction of sp³-hybridized carbons (Fsp3) is 0.316. The first-order valence-electron chi connectivity index (χ1n) is 8.00. The molecule has 0 amide bonds. The normalized spacial score (nSPS) is 12.5. The summed E-state index contributed by atoms with van der Waals surface area (Å²) in [6, 6.07) is 13.5. The number of aromatic nitrogens is 2. The third-order valence-corrected chi connectivity index (χ3v) is 4.27. The SMILES string of the molecule is Cc1cccc(C)c1OCC(O)Cn1c(=O)n(C)c2ccccc21. The zero-order chi connectivity index (χ0) is 17.3. The lowest BCUT2D eigenvalue weighted by Gasteiger charge is -2.16. The van der Waals surface area contributed by atoms with Crippen LogP contribution in [0.3, 0.4) is 0 Å².